The van der Waals surface area contributed by atoms with Crippen molar-refractivity contribution in [3.8, 4) is 0 Å². The Morgan fingerprint density at radius 2 is 1.89 bits per heavy atom. The average molecular weight is 560 g/mol. The molecule has 0 spiro atoms. The number of rotatable bonds is 5. The van der Waals surface area contributed by atoms with Gasteiger partial charge < -0.3 is 19.8 Å². The van der Waals surface area contributed by atoms with E-state index in [1.807, 2.05) is 23.6 Å². The number of fused-ring (bicyclic) bond motifs is 1. The molecule has 2 amide bonds. The number of anilines is 1. The maximum atomic E-state index is 13.1. The van der Waals surface area contributed by atoms with E-state index in [0.29, 0.717) is 47.8 Å². The summed E-state index contributed by atoms with van der Waals surface area (Å²) in [5.74, 6) is 1.79. The molecule has 1 aliphatic heterocycles. The van der Waals surface area contributed by atoms with Gasteiger partial charge in [0.2, 0.25) is 5.91 Å². The fraction of sp³-hybridized carbons (Fsp3) is 0.692. The summed E-state index contributed by atoms with van der Waals surface area (Å²) in [5.41, 5.74) is -0.586. The van der Waals surface area contributed by atoms with Crippen LogP contribution in [0.4, 0.5) is 10.5 Å². The summed E-state index contributed by atoms with van der Waals surface area (Å²) >= 11 is 13.9. The highest BCUT2D eigenvalue weighted by molar-refractivity contribution is 7.99. The largest absolute Gasteiger partial charge is 0.445 e. The van der Waals surface area contributed by atoms with Crippen LogP contribution < -0.4 is 5.32 Å². The Morgan fingerprint density at radius 1 is 1.17 bits per heavy atom. The SMILES string of the molecule is CC1(CO)C(OC(=O)Nc2ccc(Cl)c(Cl)c2)CCC2(C)C(CC(=O)N3CCSCC3)C(O)CCC12. The lowest BCUT2D eigenvalue weighted by molar-refractivity contribution is -0.186. The second-order valence-corrected chi connectivity index (χ2v) is 12.9. The predicted molar refractivity (Wildman–Crippen MR) is 144 cm³/mol. The molecule has 10 heteroatoms. The number of carbonyl (C=O) groups is 2. The second kappa shape index (κ2) is 11.3. The van der Waals surface area contributed by atoms with Gasteiger partial charge in [-0.2, -0.15) is 11.8 Å². The van der Waals surface area contributed by atoms with E-state index in [0.717, 1.165) is 24.6 Å². The number of amides is 2. The summed E-state index contributed by atoms with van der Waals surface area (Å²) in [7, 11) is 0. The molecule has 4 rings (SSSR count). The molecule has 0 bridgehead atoms. The van der Waals surface area contributed by atoms with Gasteiger partial charge in [0, 0.05) is 42.1 Å². The maximum Gasteiger partial charge on any atom is 0.411 e. The molecular weight excluding hydrogens is 523 g/mol. The molecule has 3 N–H and O–H groups in total. The van der Waals surface area contributed by atoms with Crippen LogP contribution in [-0.2, 0) is 9.53 Å². The van der Waals surface area contributed by atoms with E-state index < -0.39 is 23.7 Å². The molecule has 3 aliphatic rings. The minimum Gasteiger partial charge on any atom is -0.445 e. The summed E-state index contributed by atoms with van der Waals surface area (Å²) < 4.78 is 5.88. The van der Waals surface area contributed by atoms with Gasteiger partial charge in [0.15, 0.2) is 0 Å². The van der Waals surface area contributed by atoms with Crippen molar-refractivity contribution in [1.29, 1.82) is 0 Å². The summed E-state index contributed by atoms with van der Waals surface area (Å²) in [6.07, 6.45) is 1.12. The van der Waals surface area contributed by atoms with E-state index >= 15 is 0 Å². The second-order valence-electron chi connectivity index (χ2n) is 10.9. The number of thioether (sulfide) groups is 1. The quantitative estimate of drug-likeness (QED) is 0.467. The summed E-state index contributed by atoms with van der Waals surface area (Å²) in [6, 6.07) is 4.80. The number of nitrogens with zero attached hydrogens (tertiary/aromatic N) is 1. The zero-order valence-corrected chi connectivity index (χ0v) is 23.2. The van der Waals surface area contributed by atoms with Crippen LogP contribution in [0.25, 0.3) is 0 Å². The fourth-order valence-corrected chi connectivity index (χ4v) is 7.96. The van der Waals surface area contributed by atoms with Crippen LogP contribution >= 0.6 is 35.0 Å². The first-order valence-corrected chi connectivity index (χ1v) is 14.6. The number of aliphatic hydroxyl groups is 2. The van der Waals surface area contributed by atoms with Gasteiger partial charge in [0.25, 0.3) is 0 Å². The summed E-state index contributed by atoms with van der Waals surface area (Å²) in [4.78, 5) is 27.8. The van der Waals surface area contributed by atoms with Crippen molar-refractivity contribution in [1.82, 2.24) is 4.90 Å². The third kappa shape index (κ3) is 5.48. The molecule has 200 valence electrons. The number of benzene rings is 1. The third-order valence-corrected chi connectivity index (χ3v) is 10.5. The van der Waals surface area contributed by atoms with Crippen LogP contribution in [0, 0.1) is 22.7 Å². The first-order valence-electron chi connectivity index (χ1n) is 12.7. The van der Waals surface area contributed by atoms with Crippen LogP contribution in [0.15, 0.2) is 18.2 Å². The molecule has 7 nitrogen and oxygen atoms in total. The molecule has 1 heterocycles. The smallest absolute Gasteiger partial charge is 0.411 e. The Balaban J connectivity index is 1.49. The molecule has 2 aliphatic carbocycles. The Bertz CT molecular complexity index is 978. The normalized spacial score (nSPS) is 34.6. The van der Waals surface area contributed by atoms with Gasteiger partial charge in [-0.1, -0.05) is 37.0 Å². The van der Waals surface area contributed by atoms with Crippen molar-refractivity contribution in [2.75, 3.05) is 36.5 Å². The standard InChI is InChI=1S/C26H36Cl2N2O5S/c1-25-8-7-22(35-24(34)29-16-3-4-18(27)19(28)13-16)26(2,15-31)21(25)6-5-20(32)17(25)14-23(33)30-9-11-36-12-10-30/h3-4,13,17,20-22,31-32H,5-12,14-15H2,1-2H3,(H,29,34). The van der Waals surface area contributed by atoms with Crippen molar-refractivity contribution in [3.05, 3.63) is 28.2 Å². The highest BCUT2D eigenvalue weighted by Gasteiger charge is 2.60. The summed E-state index contributed by atoms with van der Waals surface area (Å²) in [5, 5.41) is 25.0. The van der Waals surface area contributed by atoms with E-state index in [1.54, 1.807) is 18.2 Å². The monoisotopic (exact) mass is 558 g/mol. The average Bonchev–Trinajstić information content (AvgIpc) is 2.86. The van der Waals surface area contributed by atoms with Crippen molar-refractivity contribution in [2.45, 2.75) is 58.2 Å². The Labute approximate surface area is 227 Å². The van der Waals surface area contributed by atoms with Crippen molar-refractivity contribution >= 4 is 52.7 Å². The molecule has 6 atom stereocenters. The van der Waals surface area contributed by atoms with Gasteiger partial charge in [0.1, 0.15) is 6.10 Å². The molecule has 1 saturated heterocycles. The molecule has 36 heavy (non-hydrogen) atoms. The van der Waals surface area contributed by atoms with Gasteiger partial charge >= 0.3 is 6.09 Å². The van der Waals surface area contributed by atoms with Crippen LogP contribution in [0.2, 0.25) is 10.0 Å². The lowest BCUT2D eigenvalue weighted by Crippen LogP contribution is -2.61. The Morgan fingerprint density at radius 3 is 2.56 bits per heavy atom. The van der Waals surface area contributed by atoms with E-state index in [-0.39, 0.29) is 29.8 Å². The minimum absolute atomic E-state index is 0.00959. The molecule has 3 fully saturated rings. The third-order valence-electron chi connectivity index (χ3n) is 8.85. The molecule has 2 saturated carbocycles. The van der Waals surface area contributed by atoms with E-state index in [4.69, 9.17) is 27.9 Å². The zero-order chi connectivity index (χ0) is 26.1. The number of hydrogen-bond acceptors (Lipinski definition) is 6. The zero-order valence-electron chi connectivity index (χ0n) is 20.8. The van der Waals surface area contributed by atoms with Crippen LogP contribution in [0.3, 0.4) is 0 Å². The van der Waals surface area contributed by atoms with E-state index in [2.05, 4.69) is 12.2 Å². The van der Waals surface area contributed by atoms with Gasteiger partial charge in [-0.15, -0.1) is 0 Å². The highest BCUT2D eigenvalue weighted by Crippen LogP contribution is 2.61. The lowest BCUT2D eigenvalue weighted by atomic mass is 9.46. The number of nitrogens with one attached hydrogen (secondary N) is 1. The number of aliphatic hydroxyl groups excluding tert-OH is 2. The molecule has 6 unspecified atom stereocenters. The van der Waals surface area contributed by atoms with Crippen LogP contribution in [0.1, 0.15) is 46.0 Å². The topological polar surface area (TPSA) is 99.1 Å². The fourth-order valence-electron chi connectivity index (χ4n) is 6.76. The van der Waals surface area contributed by atoms with Crippen molar-refractivity contribution < 1.29 is 24.5 Å². The molecule has 0 aromatic heterocycles. The van der Waals surface area contributed by atoms with Crippen LogP contribution in [-0.4, -0.2) is 70.5 Å². The molecular formula is C26H36Cl2N2O5S. The number of ether oxygens (including phenoxy) is 1. The predicted octanol–water partition coefficient (Wildman–Crippen LogP) is 5.06. The van der Waals surface area contributed by atoms with Gasteiger partial charge in [-0.05, 0) is 61.1 Å². The Kier molecular flexibility index (Phi) is 8.72. The van der Waals surface area contributed by atoms with Gasteiger partial charge in [-0.25, -0.2) is 4.79 Å². The van der Waals surface area contributed by atoms with Gasteiger partial charge in [-0.3, -0.25) is 10.1 Å². The molecule has 1 aromatic rings. The maximum absolute atomic E-state index is 13.1. The van der Waals surface area contributed by atoms with Crippen molar-refractivity contribution in [3.63, 3.8) is 0 Å². The molecule has 1 aromatic carbocycles. The minimum atomic E-state index is -0.703. The van der Waals surface area contributed by atoms with Crippen molar-refractivity contribution in [2.24, 2.45) is 22.7 Å². The first kappa shape index (κ1) is 27.8. The molecule has 0 radical (unpaired) electrons. The van der Waals surface area contributed by atoms with Crippen LogP contribution in [0.5, 0.6) is 0 Å². The lowest BCUT2D eigenvalue weighted by Gasteiger charge is -2.60. The van der Waals surface area contributed by atoms with E-state index in [1.165, 1.54) is 0 Å². The van der Waals surface area contributed by atoms with Gasteiger partial charge in [0.05, 0.1) is 22.8 Å². The number of hydrogen-bond donors (Lipinski definition) is 3. The Hall–Kier alpha value is -1.19. The highest BCUT2D eigenvalue weighted by atomic mass is 35.5. The first-order chi connectivity index (χ1) is 17.1. The number of halogens is 2. The summed E-state index contributed by atoms with van der Waals surface area (Å²) in [6.45, 7) is 5.46. The van der Waals surface area contributed by atoms with E-state index in [9.17, 15) is 19.8 Å². The number of carbonyl (C=O) groups excluding carboxylic acids is 2.